The lowest BCUT2D eigenvalue weighted by Gasteiger charge is -2.11. The molecule has 2 aromatic rings. The van der Waals surface area contributed by atoms with E-state index in [1.807, 2.05) is 17.9 Å². The van der Waals surface area contributed by atoms with Gasteiger partial charge < -0.3 is 10.1 Å². The Labute approximate surface area is 118 Å². The molecule has 5 heteroatoms. The van der Waals surface area contributed by atoms with Gasteiger partial charge in [0.05, 0.1) is 18.5 Å². The number of aryl methyl sites for hydroxylation is 1. The van der Waals surface area contributed by atoms with Crippen molar-refractivity contribution < 1.29 is 9.13 Å². The van der Waals surface area contributed by atoms with Gasteiger partial charge in [0.25, 0.3) is 0 Å². The van der Waals surface area contributed by atoms with E-state index < -0.39 is 0 Å². The maximum absolute atomic E-state index is 13.1. The average Bonchev–Trinajstić information content (AvgIpc) is 2.78. The summed E-state index contributed by atoms with van der Waals surface area (Å²) in [4.78, 5) is 0. The molecule has 1 N–H and O–H groups in total. The van der Waals surface area contributed by atoms with Crippen molar-refractivity contribution in [1.29, 1.82) is 0 Å². The molecule has 0 aliphatic carbocycles. The Bertz CT molecular complexity index is 593. The van der Waals surface area contributed by atoms with Crippen molar-refractivity contribution >= 4 is 5.69 Å². The number of nitrogens with one attached hydrogen (secondary N) is 1. The van der Waals surface area contributed by atoms with Gasteiger partial charge in [0, 0.05) is 31.4 Å². The molecule has 0 bridgehead atoms. The number of nitrogens with zero attached hydrogens (tertiary/aromatic N) is 2. The van der Waals surface area contributed by atoms with Gasteiger partial charge in [-0.3, -0.25) is 4.68 Å². The van der Waals surface area contributed by atoms with E-state index in [-0.39, 0.29) is 5.82 Å². The highest BCUT2D eigenvalue weighted by Crippen LogP contribution is 2.26. The van der Waals surface area contributed by atoms with Gasteiger partial charge in [-0.2, -0.15) is 5.10 Å². The number of hydrogen-bond donors (Lipinski definition) is 1. The summed E-state index contributed by atoms with van der Waals surface area (Å²) in [6.07, 6.45) is 2.00. The second-order valence-corrected chi connectivity index (χ2v) is 5.07. The highest BCUT2D eigenvalue weighted by molar-refractivity contribution is 5.56. The third kappa shape index (κ3) is 3.10. The van der Waals surface area contributed by atoms with Crippen LogP contribution in [0.2, 0.25) is 0 Å². The van der Waals surface area contributed by atoms with E-state index in [0.29, 0.717) is 18.2 Å². The van der Waals surface area contributed by atoms with Gasteiger partial charge in [0.2, 0.25) is 0 Å². The Morgan fingerprint density at radius 1 is 1.40 bits per heavy atom. The minimum atomic E-state index is -0.309. The van der Waals surface area contributed by atoms with Crippen LogP contribution >= 0.6 is 0 Å². The van der Waals surface area contributed by atoms with E-state index in [1.165, 1.54) is 19.2 Å². The van der Waals surface area contributed by atoms with Crippen LogP contribution in [0.1, 0.15) is 31.0 Å². The first-order valence-corrected chi connectivity index (χ1v) is 6.61. The normalized spacial score (nSPS) is 10.9. The van der Waals surface area contributed by atoms with Crippen LogP contribution in [0.3, 0.4) is 0 Å². The Morgan fingerprint density at radius 3 is 2.80 bits per heavy atom. The maximum Gasteiger partial charge on any atom is 0.144 e. The molecule has 0 aliphatic heterocycles. The molecule has 0 unspecified atom stereocenters. The zero-order valence-electron chi connectivity index (χ0n) is 12.3. The number of rotatable bonds is 5. The molecule has 0 atom stereocenters. The van der Waals surface area contributed by atoms with E-state index >= 15 is 0 Å². The standard InChI is InChI=1S/C15H20FN3O/c1-10(2)15-11(9-19(3)18-15)8-17-13-6-5-12(16)7-14(13)20-4/h5-7,9-10,17H,8H2,1-4H3. The summed E-state index contributed by atoms with van der Waals surface area (Å²) in [6, 6.07) is 4.46. The third-order valence-corrected chi connectivity index (χ3v) is 3.12. The molecular weight excluding hydrogens is 257 g/mol. The zero-order chi connectivity index (χ0) is 14.7. The van der Waals surface area contributed by atoms with E-state index in [4.69, 9.17) is 4.74 Å². The fraction of sp³-hybridized carbons (Fsp3) is 0.400. The molecule has 108 valence electrons. The monoisotopic (exact) mass is 277 g/mol. The van der Waals surface area contributed by atoms with Crippen molar-refractivity contribution in [3.05, 3.63) is 41.5 Å². The van der Waals surface area contributed by atoms with Gasteiger partial charge in [0.15, 0.2) is 0 Å². The number of hydrogen-bond acceptors (Lipinski definition) is 3. The first kappa shape index (κ1) is 14.4. The summed E-state index contributed by atoms with van der Waals surface area (Å²) in [5, 5.41) is 7.74. The lowest BCUT2D eigenvalue weighted by Crippen LogP contribution is -2.04. The summed E-state index contributed by atoms with van der Waals surface area (Å²) in [5.41, 5.74) is 2.97. The first-order valence-electron chi connectivity index (χ1n) is 6.61. The number of halogens is 1. The molecule has 1 aromatic carbocycles. The summed E-state index contributed by atoms with van der Waals surface area (Å²) < 4.78 is 20.1. The summed E-state index contributed by atoms with van der Waals surface area (Å²) in [6.45, 7) is 4.86. The smallest absolute Gasteiger partial charge is 0.144 e. The predicted octanol–water partition coefficient (Wildman–Crippen LogP) is 3.30. The molecule has 1 aromatic heterocycles. The lowest BCUT2D eigenvalue weighted by atomic mass is 10.1. The fourth-order valence-corrected chi connectivity index (χ4v) is 2.18. The van der Waals surface area contributed by atoms with Crippen molar-refractivity contribution in [2.45, 2.75) is 26.3 Å². The maximum atomic E-state index is 13.1. The molecule has 0 fully saturated rings. The molecule has 2 rings (SSSR count). The van der Waals surface area contributed by atoms with E-state index in [2.05, 4.69) is 24.3 Å². The highest BCUT2D eigenvalue weighted by atomic mass is 19.1. The third-order valence-electron chi connectivity index (χ3n) is 3.12. The Morgan fingerprint density at radius 2 is 2.15 bits per heavy atom. The van der Waals surface area contributed by atoms with E-state index in [9.17, 15) is 4.39 Å². The second kappa shape index (κ2) is 5.94. The minimum absolute atomic E-state index is 0.309. The summed E-state index contributed by atoms with van der Waals surface area (Å²) in [7, 11) is 3.44. The van der Waals surface area contributed by atoms with Gasteiger partial charge in [-0.1, -0.05) is 13.8 Å². The van der Waals surface area contributed by atoms with Crippen LogP contribution in [0, 0.1) is 5.82 Å². The van der Waals surface area contributed by atoms with Gasteiger partial charge in [-0.15, -0.1) is 0 Å². The van der Waals surface area contributed by atoms with Crippen molar-refractivity contribution in [3.8, 4) is 5.75 Å². The van der Waals surface area contributed by atoms with Crippen LogP contribution in [0.15, 0.2) is 24.4 Å². The SMILES string of the molecule is COc1cc(F)ccc1NCc1cn(C)nc1C(C)C. The van der Waals surface area contributed by atoms with Gasteiger partial charge in [-0.25, -0.2) is 4.39 Å². The highest BCUT2D eigenvalue weighted by Gasteiger charge is 2.12. The van der Waals surface area contributed by atoms with Crippen molar-refractivity contribution in [2.24, 2.45) is 7.05 Å². The van der Waals surface area contributed by atoms with Crippen LogP contribution in [0.4, 0.5) is 10.1 Å². The van der Waals surface area contributed by atoms with Gasteiger partial charge in [0.1, 0.15) is 11.6 Å². The zero-order valence-corrected chi connectivity index (χ0v) is 12.3. The minimum Gasteiger partial charge on any atom is -0.494 e. The van der Waals surface area contributed by atoms with Crippen LogP contribution in [0.25, 0.3) is 0 Å². The molecule has 0 saturated heterocycles. The van der Waals surface area contributed by atoms with Crippen LogP contribution in [-0.4, -0.2) is 16.9 Å². The van der Waals surface area contributed by atoms with Crippen LogP contribution < -0.4 is 10.1 Å². The Hall–Kier alpha value is -2.04. The van der Waals surface area contributed by atoms with Crippen molar-refractivity contribution in [3.63, 3.8) is 0 Å². The molecule has 0 saturated carbocycles. The van der Waals surface area contributed by atoms with Gasteiger partial charge in [-0.05, 0) is 18.1 Å². The Balaban J connectivity index is 2.17. The summed E-state index contributed by atoms with van der Waals surface area (Å²) in [5.74, 6) is 0.555. The van der Waals surface area contributed by atoms with E-state index in [1.54, 1.807) is 6.07 Å². The molecule has 1 heterocycles. The predicted molar refractivity (Wildman–Crippen MR) is 77.6 cm³/mol. The quantitative estimate of drug-likeness (QED) is 0.911. The lowest BCUT2D eigenvalue weighted by molar-refractivity contribution is 0.413. The molecule has 0 radical (unpaired) electrons. The fourth-order valence-electron chi connectivity index (χ4n) is 2.18. The molecule has 0 aliphatic rings. The molecule has 0 spiro atoms. The van der Waals surface area contributed by atoms with Crippen LogP contribution in [0.5, 0.6) is 5.75 Å². The first-order chi connectivity index (χ1) is 9.51. The number of methoxy groups -OCH3 is 1. The second-order valence-electron chi connectivity index (χ2n) is 5.07. The largest absolute Gasteiger partial charge is 0.494 e. The Kier molecular flexibility index (Phi) is 4.27. The van der Waals surface area contributed by atoms with E-state index in [0.717, 1.165) is 16.9 Å². The van der Waals surface area contributed by atoms with Gasteiger partial charge >= 0.3 is 0 Å². The van der Waals surface area contributed by atoms with Crippen molar-refractivity contribution in [2.75, 3.05) is 12.4 Å². The topological polar surface area (TPSA) is 39.1 Å². The molecule has 0 amide bonds. The molecule has 4 nitrogen and oxygen atoms in total. The van der Waals surface area contributed by atoms with Crippen molar-refractivity contribution in [1.82, 2.24) is 9.78 Å². The number of anilines is 1. The summed E-state index contributed by atoms with van der Waals surface area (Å²) >= 11 is 0. The number of ether oxygens (including phenoxy) is 1. The van der Waals surface area contributed by atoms with Crippen LogP contribution in [-0.2, 0) is 13.6 Å². The number of aromatic nitrogens is 2. The molecule has 20 heavy (non-hydrogen) atoms. The average molecular weight is 277 g/mol. The molecular formula is C15H20FN3O. The number of benzene rings is 1.